The van der Waals surface area contributed by atoms with Gasteiger partial charge in [-0.3, -0.25) is 0 Å². The summed E-state index contributed by atoms with van der Waals surface area (Å²) in [5.74, 6) is 0. The van der Waals surface area contributed by atoms with E-state index in [9.17, 15) is 0 Å². The van der Waals surface area contributed by atoms with Gasteiger partial charge in [0.15, 0.2) is 0 Å². The second-order valence-electron chi connectivity index (χ2n) is 5.58. The Morgan fingerprint density at radius 3 is 2.70 bits per heavy atom. The van der Waals surface area contributed by atoms with Gasteiger partial charge in [0.1, 0.15) is 0 Å². The SMILES string of the molecule is Brc1ccc2nnc(-c3cccc(N4CCOCC4)c3)cc2c1. The van der Waals surface area contributed by atoms with Crippen molar-refractivity contribution in [2.24, 2.45) is 0 Å². The highest BCUT2D eigenvalue weighted by atomic mass is 79.9. The van der Waals surface area contributed by atoms with E-state index < -0.39 is 0 Å². The molecular formula is C18H16BrN3O. The Hall–Kier alpha value is -1.98. The fraction of sp³-hybridized carbons (Fsp3) is 0.222. The monoisotopic (exact) mass is 369 g/mol. The minimum absolute atomic E-state index is 0.786. The Balaban J connectivity index is 1.72. The number of nitrogens with zero attached hydrogens (tertiary/aromatic N) is 3. The van der Waals surface area contributed by atoms with Crippen LogP contribution in [-0.2, 0) is 4.74 Å². The molecule has 4 nitrogen and oxygen atoms in total. The normalized spacial score (nSPS) is 15.1. The number of benzene rings is 2. The van der Waals surface area contributed by atoms with Gasteiger partial charge in [-0.1, -0.05) is 28.1 Å². The van der Waals surface area contributed by atoms with E-state index in [1.165, 1.54) is 5.69 Å². The molecule has 0 saturated carbocycles. The summed E-state index contributed by atoms with van der Waals surface area (Å²) in [5, 5.41) is 9.81. The number of ether oxygens (including phenoxy) is 1. The lowest BCUT2D eigenvalue weighted by molar-refractivity contribution is 0.122. The fourth-order valence-corrected chi connectivity index (χ4v) is 3.22. The maximum absolute atomic E-state index is 5.43. The first-order valence-corrected chi connectivity index (χ1v) is 8.45. The molecule has 116 valence electrons. The highest BCUT2D eigenvalue weighted by Crippen LogP contribution is 2.26. The molecular weight excluding hydrogens is 354 g/mol. The Morgan fingerprint density at radius 2 is 1.83 bits per heavy atom. The minimum atomic E-state index is 0.786. The van der Waals surface area contributed by atoms with E-state index in [0.29, 0.717) is 0 Å². The molecule has 4 rings (SSSR count). The van der Waals surface area contributed by atoms with E-state index in [4.69, 9.17) is 4.74 Å². The summed E-state index contributed by atoms with van der Waals surface area (Å²) in [6, 6.07) is 16.6. The Labute approximate surface area is 143 Å². The molecule has 1 aliphatic rings. The van der Waals surface area contributed by atoms with Gasteiger partial charge in [-0.15, -0.1) is 10.2 Å². The third-order valence-corrected chi connectivity index (χ3v) is 4.56. The van der Waals surface area contributed by atoms with Crippen LogP contribution < -0.4 is 4.90 Å². The molecule has 1 aliphatic heterocycles. The molecule has 0 unspecified atom stereocenters. The number of fused-ring (bicyclic) bond motifs is 1. The number of hydrogen-bond donors (Lipinski definition) is 0. The van der Waals surface area contributed by atoms with Crippen molar-refractivity contribution in [3.05, 3.63) is 53.0 Å². The molecule has 2 aromatic carbocycles. The van der Waals surface area contributed by atoms with Crippen molar-refractivity contribution < 1.29 is 4.74 Å². The van der Waals surface area contributed by atoms with E-state index in [1.807, 2.05) is 12.1 Å². The Bertz CT molecular complexity index is 847. The van der Waals surface area contributed by atoms with Gasteiger partial charge in [0.05, 0.1) is 24.4 Å². The zero-order chi connectivity index (χ0) is 15.6. The summed E-state index contributed by atoms with van der Waals surface area (Å²) in [6.07, 6.45) is 0. The van der Waals surface area contributed by atoms with Gasteiger partial charge in [-0.05, 0) is 36.4 Å². The third-order valence-electron chi connectivity index (χ3n) is 4.07. The molecule has 5 heteroatoms. The van der Waals surface area contributed by atoms with Crippen molar-refractivity contribution in [2.45, 2.75) is 0 Å². The van der Waals surface area contributed by atoms with Crippen molar-refractivity contribution >= 4 is 32.5 Å². The Kier molecular flexibility index (Phi) is 3.97. The van der Waals surface area contributed by atoms with Crippen LogP contribution in [0.1, 0.15) is 0 Å². The second kappa shape index (κ2) is 6.26. The molecule has 0 aliphatic carbocycles. The molecule has 1 fully saturated rings. The van der Waals surface area contributed by atoms with Crippen molar-refractivity contribution in [1.29, 1.82) is 0 Å². The van der Waals surface area contributed by atoms with Crippen LogP contribution >= 0.6 is 15.9 Å². The van der Waals surface area contributed by atoms with Gasteiger partial charge < -0.3 is 9.64 Å². The van der Waals surface area contributed by atoms with Crippen molar-refractivity contribution in [2.75, 3.05) is 31.2 Å². The smallest absolute Gasteiger partial charge is 0.0936 e. The molecule has 0 radical (unpaired) electrons. The molecule has 2 heterocycles. The molecule has 0 N–H and O–H groups in total. The van der Waals surface area contributed by atoms with Crippen molar-refractivity contribution in [3.63, 3.8) is 0 Å². The van der Waals surface area contributed by atoms with Crippen LogP contribution in [0.15, 0.2) is 53.0 Å². The highest BCUT2D eigenvalue weighted by molar-refractivity contribution is 9.10. The van der Waals surface area contributed by atoms with Crippen molar-refractivity contribution in [1.82, 2.24) is 10.2 Å². The summed E-state index contributed by atoms with van der Waals surface area (Å²) in [7, 11) is 0. The van der Waals surface area contributed by atoms with Gasteiger partial charge in [0.25, 0.3) is 0 Å². The standard InChI is InChI=1S/C18H16BrN3O/c19-15-4-5-17-14(10-15)12-18(21-20-17)13-2-1-3-16(11-13)22-6-8-23-9-7-22/h1-5,10-12H,6-9H2. The predicted octanol–water partition coefficient (Wildman–Crippen LogP) is 3.90. The van der Waals surface area contributed by atoms with Crippen molar-refractivity contribution in [3.8, 4) is 11.3 Å². The molecule has 1 saturated heterocycles. The van der Waals surface area contributed by atoms with Gasteiger partial charge >= 0.3 is 0 Å². The van der Waals surface area contributed by atoms with Crippen LogP contribution in [0.5, 0.6) is 0 Å². The highest BCUT2D eigenvalue weighted by Gasteiger charge is 2.12. The number of morpholine rings is 1. The maximum atomic E-state index is 5.43. The van der Waals surface area contributed by atoms with E-state index in [2.05, 4.69) is 67.4 Å². The van der Waals surface area contributed by atoms with E-state index in [0.717, 1.165) is 52.9 Å². The number of halogens is 1. The summed E-state index contributed by atoms with van der Waals surface area (Å²) in [4.78, 5) is 2.35. The number of hydrogen-bond acceptors (Lipinski definition) is 4. The van der Waals surface area contributed by atoms with Gasteiger partial charge in [-0.25, -0.2) is 0 Å². The van der Waals surface area contributed by atoms with Crippen LogP contribution in [0.3, 0.4) is 0 Å². The van der Waals surface area contributed by atoms with E-state index in [1.54, 1.807) is 0 Å². The number of rotatable bonds is 2. The van der Waals surface area contributed by atoms with Crippen LogP contribution in [0, 0.1) is 0 Å². The average Bonchev–Trinajstić information content (AvgIpc) is 2.62. The lowest BCUT2D eigenvalue weighted by Gasteiger charge is -2.29. The average molecular weight is 370 g/mol. The van der Waals surface area contributed by atoms with Gasteiger partial charge in [-0.2, -0.15) is 0 Å². The summed E-state index contributed by atoms with van der Waals surface area (Å²) < 4.78 is 6.47. The lowest BCUT2D eigenvalue weighted by atomic mass is 10.1. The number of aromatic nitrogens is 2. The lowest BCUT2D eigenvalue weighted by Crippen LogP contribution is -2.36. The molecule has 0 atom stereocenters. The Morgan fingerprint density at radius 1 is 0.957 bits per heavy atom. The summed E-state index contributed by atoms with van der Waals surface area (Å²) in [6.45, 7) is 3.43. The van der Waals surface area contributed by atoms with Crippen LogP contribution in [0.25, 0.3) is 22.2 Å². The molecule has 3 aromatic rings. The van der Waals surface area contributed by atoms with E-state index in [-0.39, 0.29) is 0 Å². The topological polar surface area (TPSA) is 38.2 Å². The van der Waals surface area contributed by atoms with Crippen LogP contribution in [0.4, 0.5) is 5.69 Å². The largest absolute Gasteiger partial charge is 0.378 e. The zero-order valence-corrected chi connectivity index (χ0v) is 14.2. The first-order chi connectivity index (χ1) is 11.3. The van der Waals surface area contributed by atoms with Crippen LogP contribution in [0.2, 0.25) is 0 Å². The maximum Gasteiger partial charge on any atom is 0.0936 e. The first kappa shape index (κ1) is 14.6. The molecule has 23 heavy (non-hydrogen) atoms. The predicted molar refractivity (Wildman–Crippen MR) is 95.7 cm³/mol. The quantitative estimate of drug-likeness (QED) is 0.686. The van der Waals surface area contributed by atoms with E-state index >= 15 is 0 Å². The third kappa shape index (κ3) is 3.07. The fourth-order valence-electron chi connectivity index (χ4n) is 2.84. The molecule has 1 aromatic heterocycles. The van der Waals surface area contributed by atoms with Gasteiger partial charge in [0.2, 0.25) is 0 Å². The minimum Gasteiger partial charge on any atom is -0.378 e. The zero-order valence-electron chi connectivity index (χ0n) is 12.6. The second-order valence-corrected chi connectivity index (χ2v) is 6.50. The summed E-state index contributed by atoms with van der Waals surface area (Å²) >= 11 is 3.51. The molecule has 0 spiro atoms. The number of anilines is 1. The summed E-state index contributed by atoms with van der Waals surface area (Å²) in [5.41, 5.74) is 4.09. The van der Waals surface area contributed by atoms with Gasteiger partial charge in [0, 0.05) is 34.2 Å². The molecule has 0 amide bonds. The molecule has 0 bridgehead atoms. The van der Waals surface area contributed by atoms with Crippen LogP contribution in [-0.4, -0.2) is 36.5 Å². The first-order valence-electron chi connectivity index (χ1n) is 7.66.